The Morgan fingerprint density at radius 3 is 2.59 bits per heavy atom. The lowest BCUT2D eigenvalue weighted by molar-refractivity contribution is -0.385. The monoisotopic (exact) mass is 310 g/mol. The van der Waals surface area contributed by atoms with Gasteiger partial charge in [-0.25, -0.2) is 0 Å². The number of nitro benzene ring substituents is 1. The fourth-order valence-corrected chi connectivity index (χ4v) is 1.92. The number of aliphatic hydroxyl groups is 1. The van der Waals surface area contributed by atoms with Crippen LogP contribution in [0, 0.1) is 10.1 Å². The zero-order valence-electron chi connectivity index (χ0n) is 12.2. The van der Waals surface area contributed by atoms with Gasteiger partial charge in [0.2, 0.25) is 5.91 Å². The number of ether oxygens (including phenoxy) is 1. The van der Waals surface area contributed by atoms with E-state index in [1.54, 1.807) is 6.07 Å². The summed E-state index contributed by atoms with van der Waals surface area (Å²) in [5.41, 5.74) is 0.159. The van der Waals surface area contributed by atoms with Gasteiger partial charge < -0.3 is 14.7 Å². The number of benzene rings is 1. The maximum Gasteiger partial charge on any atom is 0.307 e. The molecule has 8 nitrogen and oxygen atoms in total. The van der Waals surface area contributed by atoms with Crippen molar-refractivity contribution in [3.8, 4) is 0 Å². The number of hydrogen-bond acceptors (Lipinski definition) is 6. The number of esters is 1. The van der Waals surface area contributed by atoms with Gasteiger partial charge in [0.25, 0.3) is 5.69 Å². The second-order valence-electron chi connectivity index (χ2n) is 4.49. The molecule has 0 aliphatic heterocycles. The quantitative estimate of drug-likeness (QED) is 0.426. The Hall–Kier alpha value is -2.48. The summed E-state index contributed by atoms with van der Waals surface area (Å²) < 4.78 is 4.50. The lowest BCUT2D eigenvalue weighted by atomic mass is 10.1. The van der Waals surface area contributed by atoms with Gasteiger partial charge in [-0.15, -0.1) is 0 Å². The third kappa shape index (κ3) is 5.13. The SMILES string of the molecule is COC(=O)CCN(CCO)C(=O)Cc1ccccc1[N+](=O)[O-]. The van der Waals surface area contributed by atoms with Crippen molar-refractivity contribution in [3.63, 3.8) is 0 Å². The van der Waals surface area contributed by atoms with E-state index in [0.29, 0.717) is 5.56 Å². The van der Waals surface area contributed by atoms with Crippen LogP contribution in [0.15, 0.2) is 24.3 Å². The van der Waals surface area contributed by atoms with Crippen LogP contribution in [-0.2, 0) is 20.7 Å². The second-order valence-corrected chi connectivity index (χ2v) is 4.49. The molecule has 1 aromatic rings. The molecule has 1 aromatic carbocycles. The molecule has 0 aliphatic carbocycles. The van der Waals surface area contributed by atoms with Gasteiger partial charge in [0, 0.05) is 24.7 Å². The molecule has 1 N–H and O–H groups in total. The number of hydrogen-bond donors (Lipinski definition) is 1. The maximum absolute atomic E-state index is 12.2. The van der Waals surface area contributed by atoms with Crippen LogP contribution in [0.5, 0.6) is 0 Å². The first-order valence-corrected chi connectivity index (χ1v) is 6.67. The maximum atomic E-state index is 12.2. The smallest absolute Gasteiger partial charge is 0.307 e. The van der Waals surface area contributed by atoms with E-state index in [2.05, 4.69) is 4.74 Å². The Labute approximate surface area is 127 Å². The average molecular weight is 310 g/mol. The molecule has 120 valence electrons. The van der Waals surface area contributed by atoms with Crippen LogP contribution in [0.25, 0.3) is 0 Å². The van der Waals surface area contributed by atoms with Gasteiger partial charge in [-0.3, -0.25) is 19.7 Å². The van der Waals surface area contributed by atoms with E-state index in [1.165, 1.54) is 30.2 Å². The highest BCUT2D eigenvalue weighted by molar-refractivity contribution is 5.80. The number of carbonyl (C=O) groups excluding carboxylic acids is 2. The first kappa shape index (κ1) is 17.6. The molecule has 0 spiro atoms. The highest BCUT2D eigenvalue weighted by Crippen LogP contribution is 2.18. The normalized spacial score (nSPS) is 10.1. The Bertz CT molecular complexity index is 546. The number of para-hydroxylation sites is 1. The minimum absolute atomic E-state index is 0.000870. The van der Waals surface area contributed by atoms with Crippen LogP contribution in [-0.4, -0.2) is 53.6 Å². The summed E-state index contributed by atoms with van der Waals surface area (Å²) in [6, 6.07) is 5.97. The number of nitrogens with zero attached hydrogens (tertiary/aromatic N) is 2. The van der Waals surface area contributed by atoms with Crippen molar-refractivity contribution in [1.29, 1.82) is 0 Å². The molecule has 1 amide bonds. The number of carbonyl (C=O) groups is 2. The van der Waals surface area contributed by atoms with Gasteiger partial charge in [0.05, 0.1) is 31.5 Å². The lowest BCUT2D eigenvalue weighted by Crippen LogP contribution is -2.36. The van der Waals surface area contributed by atoms with Crippen molar-refractivity contribution in [2.24, 2.45) is 0 Å². The van der Waals surface area contributed by atoms with Gasteiger partial charge >= 0.3 is 5.97 Å². The molecule has 0 fully saturated rings. The summed E-state index contributed by atoms with van der Waals surface area (Å²) >= 11 is 0. The minimum Gasteiger partial charge on any atom is -0.469 e. The van der Waals surface area contributed by atoms with Gasteiger partial charge in [-0.05, 0) is 0 Å². The molecule has 1 rings (SSSR count). The van der Waals surface area contributed by atoms with Crippen molar-refractivity contribution in [2.75, 3.05) is 26.8 Å². The highest BCUT2D eigenvalue weighted by atomic mass is 16.6. The molecule has 0 saturated carbocycles. The van der Waals surface area contributed by atoms with Crippen molar-refractivity contribution < 1.29 is 24.4 Å². The molecule has 8 heteroatoms. The lowest BCUT2D eigenvalue weighted by Gasteiger charge is -2.21. The van der Waals surface area contributed by atoms with Crippen LogP contribution in [0.4, 0.5) is 5.69 Å². The number of aliphatic hydroxyl groups excluding tert-OH is 1. The molecule has 0 unspecified atom stereocenters. The Morgan fingerprint density at radius 2 is 2.00 bits per heavy atom. The topological polar surface area (TPSA) is 110 Å². The van der Waals surface area contributed by atoms with Crippen LogP contribution in [0.1, 0.15) is 12.0 Å². The number of amides is 1. The standard InChI is InChI=1S/C14H18N2O6/c1-22-14(19)6-7-15(8-9-17)13(18)10-11-4-2-3-5-12(11)16(20)21/h2-5,17H,6-10H2,1H3. The van der Waals surface area contributed by atoms with Crippen molar-refractivity contribution in [1.82, 2.24) is 4.90 Å². The third-order valence-corrected chi connectivity index (χ3v) is 3.07. The first-order valence-electron chi connectivity index (χ1n) is 6.67. The third-order valence-electron chi connectivity index (χ3n) is 3.07. The summed E-state index contributed by atoms with van der Waals surface area (Å²) in [5, 5.41) is 19.9. The van der Waals surface area contributed by atoms with Gasteiger partial charge in [0.1, 0.15) is 0 Å². The summed E-state index contributed by atoms with van der Waals surface area (Å²) in [6.07, 6.45) is -0.169. The Morgan fingerprint density at radius 1 is 1.32 bits per heavy atom. The molecule has 0 aromatic heterocycles. The molecule has 0 aliphatic rings. The summed E-state index contributed by atoms with van der Waals surface area (Å²) in [7, 11) is 1.24. The fraction of sp³-hybridized carbons (Fsp3) is 0.429. The second kappa shape index (κ2) is 8.73. The summed E-state index contributed by atoms with van der Waals surface area (Å²) in [4.78, 5) is 35.0. The van der Waals surface area contributed by atoms with E-state index < -0.39 is 16.8 Å². The summed E-state index contributed by atoms with van der Waals surface area (Å²) in [5.74, 6) is -0.867. The molecule has 22 heavy (non-hydrogen) atoms. The van der Waals surface area contributed by atoms with E-state index >= 15 is 0 Å². The minimum atomic E-state index is -0.548. The summed E-state index contributed by atoms with van der Waals surface area (Å²) in [6.45, 7) is -0.118. The van der Waals surface area contributed by atoms with Crippen LogP contribution < -0.4 is 0 Å². The Balaban J connectivity index is 2.78. The van der Waals surface area contributed by atoms with Crippen LogP contribution >= 0.6 is 0 Å². The molecule has 0 saturated heterocycles. The zero-order valence-corrected chi connectivity index (χ0v) is 12.2. The van der Waals surface area contributed by atoms with E-state index in [1.807, 2.05) is 0 Å². The van der Waals surface area contributed by atoms with Crippen LogP contribution in [0.2, 0.25) is 0 Å². The van der Waals surface area contributed by atoms with E-state index in [4.69, 9.17) is 5.11 Å². The zero-order chi connectivity index (χ0) is 16.5. The number of methoxy groups -OCH3 is 1. The van der Waals surface area contributed by atoms with E-state index in [0.717, 1.165) is 0 Å². The molecular weight excluding hydrogens is 292 g/mol. The first-order chi connectivity index (χ1) is 10.5. The molecule has 0 radical (unpaired) electrons. The Kier molecular flexibility index (Phi) is 6.97. The molecule has 0 bridgehead atoms. The molecule has 0 atom stereocenters. The highest BCUT2D eigenvalue weighted by Gasteiger charge is 2.20. The number of rotatable bonds is 8. The largest absolute Gasteiger partial charge is 0.469 e. The molecular formula is C14H18N2O6. The average Bonchev–Trinajstić information content (AvgIpc) is 2.51. The van der Waals surface area contributed by atoms with Gasteiger partial charge in [-0.2, -0.15) is 0 Å². The molecule has 0 heterocycles. The van der Waals surface area contributed by atoms with Gasteiger partial charge in [-0.1, -0.05) is 18.2 Å². The van der Waals surface area contributed by atoms with E-state index in [9.17, 15) is 19.7 Å². The predicted octanol–water partition coefficient (Wildman–Crippen LogP) is 0.521. The predicted molar refractivity (Wildman–Crippen MR) is 77.1 cm³/mol. The van der Waals surface area contributed by atoms with E-state index in [-0.39, 0.29) is 38.2 Å². The van der Waals surface area contributed by atoms with Crippen LogP contribution in [0.3, 0.4) is 0 Å². The van der Waals surface area contributed by atoms with Crippen molar-refractivity contribution in [2.45, 2.75) is 12.8 Å². The van der Waals surface area contributed by atoms with Gasteiger partial charge in [0.15, 0.2) is 0 Å². The fourth-order valence-electron chi connectivity index (χ4n) is 1.92. The van der Waals surface area contributed by atoms with Crippen molar-refractivity contribution in [3.05, 3.63) is 39.9 Å². The van der Waals surface area contributed by atoms with Crippen molar-refractivity contribution >= 4 is 17.6 Å². The number of nitro groups is 1.